The zero-order chi connectivity index (χ0) is 19.1. The number of nitrogens with one attached hydrogen (secondary N) is 1. The van der Waals surface area contributed by atoms with Gasteiger partial charge in [-0.2, -0.15) is 10.1 Å². The Morgan fingerprint density at radius 1 is 1.11 bits per heavy atom. The molecule has 0 aliphatic carbocycles. The second-order valence-corrected chi connectivity index (χ2v) is 8.47. The number of H-pyrrole nitrogens is 1. The monoisotopic (exact) mass is 400 g/mol. The number of aromatic nitrogens is 4. The molecule has 9 heteroatoms. The van der Waals surface area contributed by atoms with Crippen LogP contribution in [0, 0.1) is 0 Å². The van der Waals surface area contributed by atoms with Crippen molar-refractivity contribution in [2.24, 2.45) is 0 Å². The van der Waals surface area contributed by atoms with E-state index < -0.39 is 0 Å². The standard InChI is InChI=1S/C19H24N6O2S/c1-12-10-25(11-13(2)27-12)19-22-15-7-16(14-8-20-21-9-14)28-17(15)18(23-19)24-3-5-26-6-4-24/h7-9,12-13H,3-6,10-11H2,1-2H3,(H,20,21)/t12-,13+. The van der Waals surface area contributed by atoms with Crippen molar-refractivity contribution in [1.29, 1.82) is 0 Å². The van der Waals surface area contributed by atoms with Crippen LogP contribution in [0.2, 0.25) is 0 Å². The second-order valence-electron chi connectivity index (χ2n) is 7.42. The maximum atomic E-state index is 5.89. The van der Waals surface area contributed by atoms with E-state index in [-0.39, 0.29) is 12.2 Å². The number of rotatable bonds is 3. The number of nitrogens with zero attached hydrogens (tertiary/aromatic N) is 5. The van der Waals surface area contributed by atoms with Gasteiger partial charge in [-0.3, -0.25) is 5.10 Å². The third-order valence-electron chi connectivity index (χ3n) is 5.14. The molecule has 2 aliphatic heterocycles. The molecular weight excluding hydrogens is 376 g/mol. The summed E-state index contributed by atoms with van der Waals surface area (Å²) >= 11 is 1.72. The maximum absolute atomic E-state index is 5.89. The minimum Gasteiger partial charge on any atom is -0.378 e. The smallest absolute Gasteiger partial charge is 0.228 e. The van der Waals surface area contributed by atoms with Crippen molar-refractivity contribution in [2.75, 3.05) is 49.2 Å². The summed E-state index contributed by atoms with van der Waals surface area (Å²) in [5, 5.41) is 6.98. The minimum absolute atomic E-state index is 0.166. The quantitative estimate of drug-likeness (QED) is 0.724. The van der Waals surface area contributed by atoms with E-state index in [1.54, 1.807) is 11.3 Å². The van der Waals surface area contributed by atoms with E-state index >= 15 is 0 Å². The number of hydrogen-bond acceptors (Lipinski definition) is 8. The molecular formula is C19H24N6O2S. The number of anilines is 2. The first-order chi connectivity index (χ1) is 13.7. The van der Waals surface area contributed by atoms with Crippen molar-refractivity contribution in [1.82, 2.24) is 20.2 Å². The Balaban J connectivity index is 1.60. The molecule has 2 saturated heterocycles. The number of aromatic amines is 1. The minimum atomic E-state index is 0.166. The van der Waals surface area contributed by atoms with Gasteiger partial charge >= 0.3 is 0 Å². The molecule has 0 bridgehead atoms. The van der Waals surface area contributed by atoms with Crippen LogP contribution in [0.15, 0.2) is 18.5 Å². The molecule has 0 amide bonds. The van der Waals surface area contributed by atoms with Crippen LogP contribution in [0.25, 0.3) is 20.7 Å². The molecule has 2 atom stereocenters. The summed E-state index contributed by atoms with van der Waals surface area (Å²) in [6, 6.07) is 2.15. The first-order valence-electron chi connectivity index (χ1n) is 9.71. The van der Waals surface area contributed by atoms with Gasteiger partial charge in [0.2, 0.25) is 5.95 Å². The molecule has 3 aromatic rings. The highest BCUT2D eigenvalue weighted by Gasteiger charge is 2.27. The fourth-order valence-electron chi connectivity index (χ4n) is 3.90. The van der Waals surface area contributed by atoms with E-state index in [0.29, 0.717) is 0 Å². The summed E-state index contributed by atoms with van der Waals surface area (Å²) in [6.45, 7) is 8.96. The van der Waals surface area contributed by atoms with Gasteiger partial charge in [0.15, 0.2) is 5.82 Å². The van der Waals surface area contributed by atoms with Crippen molar-refractivity contribution in [3.63, 3.8) is 0 Å². The van der Waals surface area contributed by atoms with Gasteiger partial charge in [0.1, 0.15) is 0 Å². The molecule has 1 N–H and O–H groups in total. The molecule has 0 radical (unpaired) electrons. The first-order valence-corrected chi connectivity index (χ1v) is 10.5. The summed E-state index contributed by atoms with van der Waals surface area (Å²) in [6.07, 6.45) is 4.09. The van der Waals surface area contributed by atoms with Gasteiger partial charge in [0.05, 0.1) is 41.8 Å². The predicted molar refractivity (Wildman–Crippen MR) is 110 cm³/mol. The molecule has 5 heterocycles. The largest absolute Gasteiger partial charge is 0.378 e. The third-order valence-corrected chi connectivity index (χ3v) is 6.31. The average molecular weight is 401 g/mol. The van der Waals surface area contributed by atoms with E-state index in [9.17, 15) is 0 Å². The molecule has 8 nitrogen and oxygen atoms in total. The van der Waals surface area contributed by atoms with Crippen LogP contribution < -0.4 is 9.80 Å². The van der Waals surface area contributed by atoms with Crippen molar-refractivity contribution in [3.8, 4) is 10.4 Å². The number of morpholine rings is 2. The Labute approximate surface area is 167 Å². The molecule has 28 heavy (non-hydrogen) atoms. The number of thiophene rings is 1. The lowest BCUT2D eigenvalue weighted by Crippen LogP contribution is -2.46. The molecule has 0 unspecified atom stereocenters. The van der Waals surface area contributed by atoms with Crippen LogP contribution in [-0.2, 0) is 9.47 Å². The highest BCUT2D eigenvalue weighted by Crippen LogP contribution is 2.38. The number of hydrogen-bond donors (Lipinski definition) is 1. The van der Waals surface area contributed by atoms with Crippen LogP contribution in [0.5, 0.6) is 0 Å². The predicted octanol–water partition coefficient (Wildman–Crippen LogP) is 2.53. The maximum Gasteiger partial charge on any atom is 0.228 e. The van der Waals surface area contributed by atoms with E-state index in [4.69, 9.17) is 19.4 Å². The molecule has 2 aliphatic rings. The number of ether oxygens (including phenoxy) is 2. The van der Waals surface area contributed by atoms with E-state index in [1.165, 1.54) is 0 Å². The lowest BCUT2D eigenvalue weighted by Gasteiger charge is -2.36. The van der Waals surface area contributed by atoms with Crippen LogP contribution in [0.3, 0.4) is 0 Å². The van der Waals surface area contributed by atoms with Crippen LogP contribution >= 0.6 is 11.3 Å². The van der Waals surface area contributed by atoms with E-state index in [1.807, 2.05) is 12.4 Å². The Hall–Kier alpha value is -2.23. The van der Waals surface area contributed by atoms with E-state index in [2.05, 4.69) is 39.9 Å². The lowest BCUT2D eigenvalue weighted by atomic mass is 10.2. The van der Waals surface area contributed by atoms with Crippen molar-refractivity contribution < 1.29 is 9.47 Å². The van der Waals surface area contributed by atoms with Crippen molar-refractivity contribution >= 4 is 33.3 Å². The van der Waals surface area contributed by atoms with Gasteiger partial charge in [-0.05, 0) is 19.9 Å². The fraction of sp³-hybridized carbons (Fsp3) is 0.526. The SMILES string of the molecule is C[C@@H]1CN(c2nc(N3CCOCC3)c3sc(-c4cn[nH]c4)cc3n2)C[C@H](C)O1. The summed E-state index contributed by atoms with van der Waals surface area (Å²) in [5.41, 5.74) is 2.06. The van der Waals surface area contributed by atoms with Crippen LogP contribution in [0.4, 0.5) is 11.8 Å². The molecule has 0 saturated carbocycles. The summed E-state index contributed by atoms with van der Waals surface area (Å²) < 4.78 is 12.6. The van der Waals surface area contributed by atoms with Crippen LogP contribution in [-0.4, -0.2) is 71.8 Å². The molecule has 148 valence electrons. The molecule has 0 spiro atoms. The summed E-state index contributed by atoms with van der Waals surface area (Å²) in [7, 11) is 0. The van der Waals surface area contributed by atoms with Gasteiger partial charge in [-0.15, -0.1) is 11.3 Å². The van der Waals surface area contributed by atoms with Gasteiger partial charge in [0, 0.05) is 42.8 Å². The van der Waals surface area contributed by atoms with Gasteiger partial charge in [-0.1, -0.05) is 0 Å². The molecule has 3 aromatic heterocycles. The van der Waals surface area contributed by atoms with E-state index in [0.717, 1.165) is 71.8 Å². The lowest BCUT2D eigenvalue weighted by molar-refractivity contribution is -0.00569. The second kappa shape index (κ2) is 7.31. The van der Waals surface area contributed by atoms with Gasteiger partial charge < -0.3 is 19.3 Å². The normalized spacial score (nSPS) is 23.5. The summed E-state index contributed by atoms with van der Waals surface area (Å²) in [5.74, 6) is 1.79. The Kier molecular flexibility index (Phi) is 4.65. The molecule has 2 fully saturated rings. The first kappa shape index (κ1) is 17.8. The fourth-order valence-corrected chi connectivity index (χ4v) is 5.00. The zero-order valence-electron chi connectivity index (χ0n) is 16.1. The van der Waals surface area contributed by atoms with Gasteiger partial charge in [-0.25, -0.2) is 4.98 Å². The highest BCUT2D eigenvalue weighted by molar-refractivity contribution is 7.22. The third kappa shape index (κ3) is 3.34. The Morgan fingerprint density at radius 3 is 2.61 bits per heavy atom. The topological polar surface area (TPSA) is 79.4 Å². The average Bonchev–Trinajstić information content (AvgIpc) is 3.36. The van der Waals surface area contributed by atoms with Crippen molar-refractivity contribution in [2.45, 2.75) is 26.1 Å². The summed E-state index contributed by atoms with van der Waals surface area (Å²) in [4.78, 5) is 15.7. The Bertz CT molecular complexity index is 943. The van der Waals surface area contributed by atoms with Crippen LogP contribution in [0.1, 0.15) is 13.8 Å². The highest BCUT2D eigenvalue weighted by atomic mass is 32.1. The molecule has 0 aromatic carbocycles. The van der Waals surface area contributed by atoms with Crippen molar-refractivity contribution in [3.05, 3.63) is 18.5 Å². The van der Waals surface area contributed by atoms with Gasteiger partial charge in [0.25, 0.3) is 0 Å². The zero-order valence-corrected chi connectivity index (χ0v) is 16.9. The number of fused-ring (bicyclic) bond motifs is 1. The molecule has 5 rings (SSSR count). The Morgan fingerprint density at radius 2 is 1.89 bits per heavy atom.